The monoisotopic (exact) mass is 379 g/mol. The van der Waals surface area contributed by atoms with Crippen molar-refractivity contribution >= 4 is 33.3 Å². The zero-order valence-corrected chi connectivity index (χ0v) is 15.4. The summed E-state index contributed by atoms with van der Waals surface area (Å²) in [6.45, 7) is 2.94. The molecule has 0 saturated carbocycles. The first-order chi connectivity index (χ1) is 13.2. The van der Waals surface area contributed by atoms with Crippen molar-refractivity contribution in [2.75, 3.05) is 18.4 Å². The summed E-state index contributed by atoms with van der Waals surface area (Å²) < 4.78 is 2.88. The quantitative estimate of drug-likeness (QED) is 0.499. The van der Waals surface area contributed by atoms with E-state index in [1.165, 1.54) is 17.7 Å². The fourth-order valence-electron chi connectivity index (χ4n) is 2.66. The average molecular weight is 379 g/mol. The highest BCUT2D eigenvalue weighted by molar-refractivity contribution is 7.16. The van der Waals surface area contributed by atoms with Crippen molar-refractivity contribution in [3.05, 3.63) is 59.9 Å². The van der Waals surface area contributed by atoms with Crippen LogP contribution in [0.2, 0.25) is 0 Å². The fraction of sp³-hybridized carbons (Fsp3) is 0.167. The summed E-state index contributed by atoms with van der Waals surface area (Å²) >= 11 is 1.52. The first-order valence-electron chi connectivity index (χ1n) is 8.38. The number of hydrogen-bond acceptors (Lipinski definition) is 7. The normalized spacial score (nSPS) is 10.9. The number of aromatic nitrogens is 5. The molecule has 0 aliphatic rings. The van der Waals surface area contributed by atoms with E-state index in [9.17, 15) is 4.79 Å². The number of hydrogen-bond donors (Lipinski definition) is 2. The lowest BCUT2D eigenvalue weighted by Gasteiger charge is -2.09. The van der Waals surface area contributed by atoms with Crippen LogP contribution in [0.25, 0.3) is 16.0 Å². The Morgan fingerprint density at radius 3 is 2.93 bits per heavy atom. The Morgan fingerprint density at radius 1 is 1.15 bits per heavy atom. The molecule has 0 aliphatic carbocycles. The summed E-state index contributed by atoms with van der Waals surface area (Å²) in [5.41, 5.74) is 3.31. The summed E-state index contributed by atoms with van der Waals surface area (Å²) in [5.74, 6) is 2.17. The van der Waals surface area contributed by atoms with Crippen LogP contribution in [0.4, 0.5) is 5.82 Å². The lowest BCUT2D eigenvalue weighted by Crippen LogP contribution is -2.28. The Labute approximate surface area is 159 Å². The van der Waals surface area contributed by atoms with E-state index in [4.69, 9.17) is 0 Å². The molecule has 0 aliphatic heterocycles. The molecule has 9 heteroatoms. The minimum Gasteiger partial charge on any atom is -0.368 e. The fourth-order valence-corrected chi connectivity index (χ4v) is 3.38. The number of nitrogens with zero attached hydrogens (tertiary/aromatic N) is 5. The molecule has 0 bridgehead atoms. The second-order valence-corrected chi connectivity index (χ2v) is 6.71. The van der Waals surface area contributed by atoms with Crippen LogP contribution in [0.3, 0.4) is 0 Å². The maximum atomic E-state index is 12.3. The molecule has 1 amide bonds. The molecule has 0 atom stereocenters. The number of carbonyl (C=O) groups is 1. The maximum absolute atomic E-state index is 12.3. The molecular formula is C18H17N7OS. The number of imidazole rings is 1. The van der Waals surface area contributed by atoms with Crippen molar-refractivity contribution in [3.8, 4) is 5.82 Å². The molecule has 0 spiro atoms. The van der Waals surface area contributed by atoms with Gasteiger partial charge in [0.05, 0.1) is 15.7 Å². The molecule has 0 unspecified atom stereocenters. The lowest BCUT2D eigenvalue weighted by atomic mass is 10.2. The number of amides is 1. The molecule has 0 radical (unpaired) electrons. The molecule has 1 aromatic carbocycles. The van der Waals surface area contributed by atoms with Crippen LogP contribution in [0.5, 0.6) is 0 Å². The van der Waals surface area contributed by atoms with Gasteiger partial charge in [0.25, 0.3) is 5.91 Å². The van der Waals surface area contributed by atoms with Gasteiger partial charge in [-0.1, -0.05) is 0 Å². The Hall–Kier alpha value is -3.33. The third kappa shape index (κ3) is 3.77. The van der Waals surface area contributed by atoms with Crippen LogP contribution >= 0.6 is 11.3 Å². The van der Waals surface area contributed by atoms with E-state index in [2.05, 4.69) is 30.6 Å². The number of anilines is 1. The van der Waals surface area contributed by atoms with Gasteiger partial charge < -0.3 is 10.6 Å². The second kappa shape index (κ2) is 7.50. The Bertz CT molecular complexity index is 1090. The average Bonchev–Trinajstić information content (AvgIpc) is 3.33. The molecular weight excluding hydrogens is 362 g/mol. The number of benzene rings is 1. The molecule has 3 aromatic heterocycles. The highest BCUT2D eigenvalue weighted by Gasteiger charge is 2.07. The smallest absolute Gasteiger partial charge is 0.251 e. The van der Waals surface area contributed by atoms with Gasteiger partial charge in [-0.25, -0.2) is 19.9 Å². The van der Waals surface area contributed by atoms with Crippen LogP contribution in [-0.4, -0.2) is 43.5 Å². The van der Waals surface area contributed by atoms with Crippen molar-refractivity contribution in [2.24, 2.45) is 0 Å². The van der Waals surface area contributed by atoms with Gasteiger partial charge in [0, 0.05) is 37.1 Å². The van der Waals surface area contributed by atoms with Gasteiger partial charge in [0.2, 0.25) is 0 Å². The third-order valence-electron chi connectivity index (χ3n) is 4.04. The third-order valence-corrected chi connectivity index (χ3v) is 4.83. The summed E-state index contributed by atoms with van der Waals surface area (Å²) in [6.07, 6.45) is 5.07. The van der Waals surface area contributed by atoms with Crippen LogP contribution < -0.4 is 10.6 Å². The van der Waals surface area contributed by atoms with Crippen molar-refractivity contribution in [3.63, 3.8) is 0 Å². The molecule has 0 fully saturated rings. The van der Waals surface area contributed by atoms with E-state index in [0.717, 1.165) is 21.9 Å². The van der Waals surface area contributed by atoms with E-state index in [-0.39, 0.29) is 5.91 Å². The molecule has 0 saturated heterocycles. The van der Waals surface area contributed by atoms with Crippen molar-refractivity contribution in [2.45, 2.75) is 6.92 Å². The van der Waals surface area contributed by atoms with Crippen LogP contribution in [0, 0.1) is 6.92 Å². The molecule has 3 heterocycles. The van der Waals surface area contributed by atoms with Crippen molar-refractivity contribution in [1.82, 2.24) is 29.8 Å². The zero-order chi connectivity index (χ0) is 18.6. The predicted molar refractivity (Wildman–Crippen MR) is 104 cm³/mol. The molecule has 4 rings (SSSR count). The van der Waals surface area contributed by atoms with Gasteiger partial charge in [-0.3, -0.25) is 9.36 Å². The van der Waals surface area contributed by atoms with Crippen molar-refractivity contribution < 1.29 is 4.79 Å². The van der Waals surface area contributed by atoms with Crippen molar-refractivity contribution in [1.29, 1.82) is 0 Å². The van der Waals surface area contributed by atoms with E-state index in [1.54, 1.807) is 17.8 Å². The Morgan fingerprint density at radius 2 is 2.07 bits per heavy atom. The van der Waals surface area contributed by atoms with E-state index in [0.29, 0.717) is 24.5 Å². The zero-order valence-electron chi connectivity index (χ0n) is 14.6. The Balaban J connectivity index is 1.32. The predicted octanol–water partition coefficient (Wildman–Crippen LogP) is 2.42. The number of rotatable bonds is 6. The van der Waals surface area contributed by atoms with Gasteiger partial charge in [-0.2, -0.15) is 0 Å². The summed E-state index contributed by atoms with van der Waals surface area (Å²) in [7, 11) is 0. The first-order valence-corrected chi connectivity index (χ1v) is 9.26. The molecule has 8 nitrogen and oxygen atoms in total. The minimum atomic E-state index is -0.107. The van der Waals surface area contributed by atoms with E-state index < -0.39 is 0 Å². The first kappa shape index (κ1) is 17.1. The summed E-state index contributed by atoms with van der Waals surface area (Å²) in [6, 6.07) is 7.35. The summed E-state index contributed by atoms with van der Waals surface area (Å²) in [4.78, 5) is 29.2. The molecule has 136 valence electrons. The molecule has 27 heavy (non-hydrogen) atoms. The van der Waals surface area contributed by atoms with Crippen LogP contribution in [0.15, 0.2) is 48.5 Å². The van der Waals surface area contributed by atoms with Gasteiger partial charge in [0.15, 0.2) is 0 Å². The largest absolute Gasteiger partial charge is 0.368 e. The number of carbonyl (C=O) groups excluding carboxylic acids is 1. The molecule has 2 N–H and O–H groups in total. The van der Waals surface area contributed by atoms with Crippen LogP contribution in [0.1, 0.15) is 16.2 Å². The van der Waals surface area contributed by atoms with E-state index in [1.807, 2.05) is 35.9 Å². The lowest BCUT2D eigenvalue weighted by molar-refractivity contribution is 0.0955. The summed E-state index contributed by atoms with van der Waals surface area (Å²) in [5, 5.41) is 6.09. The topological polar surface area (TPSA) is 97.6 Å². The SMILES string of the molecule is Cc1nccn1-c1cc(NCCNC(=O)c2ccc3ncsc3c2)ncn1. The van der Waals surface area contributed by atoms with Gasteiger partial charge in [-0.15, -0.1) is 11.3 Å². The highest BCUT2D eigenvalue weighted by atomic mass is 32.1. The maximum Gasteiger partial charge on any atom is 0.251 e. The van der Waals surface area contributed by atoms with Crippen LogP contribution in [-0.2, 0) is 0 Å². The number of fused-ring (bicyclic) bond motifs is 1. The van der Waals surface area contributed by atoms with Gasteiger partial charge >= 0.3 is 0 Å². The standard InChI is InChI=1S/C18H17N7OS/c1-12-19-6-7-25(12)17-9-16(22-10-23-17)20-4-5-21-18(26)13-2-3-14-15(8-13)27-11-24-14/h2-3,6-11H,4-5H2,1H3,(H,21,26)(H,20,22,23). The molecule has 4 aromatic rings. The number of aryl methyl sites for hydroxylation is 1. The number of thiazole rings is 1. The highest BCUT2D eigenvalue weighted by Crippen LogP contribution is 2.19. The van der Waals surface area contributed by atoms with Gasteiger partial charge in [-0.05, 0) is 25.1 Å². The minimum absolute atomic E-state index is 0.107. The van der Waals surface area contributed by atoms with Gasteiger partial charge in [0.1, 0.15) is 23.8 Å². The van der Waals surface area contributed by atoms with E-state index >= 15 is 0 Å². The second-order valence-electron chi connectivity index (χ2n) is 5.82. The number of nitrogens with one attached hydrogen (secondary N) is 2. The Kier molecular flexibility index (Phi) is 4.75.